The number of morpholine rings is 1. The van der Waals surface area contributed by atoms with Gasteiger partial charge in [0.15, 0.2) is 0 Å². The number of amides is 1. The van der Waals surface area contributed by atoms with E-state index >= 15 is 0 Å². The number of aromatic carboxylic acids is 2. The van der Waals surface area contributed by atoms with Gasteiger partial charge in [-0.05, 0) is 18.2 Å². The molecule has 124 valence electrons. The molecule has 1 aromatic rings. The molecular formula is C15H18N2O6. The van der Waals surface area contributed by atoms with E-state index in [-0.39, 0.29) is 16.7 Å². The molecule has 1 amide bonds. The summed E-state index contributed by atoms with van der Waals surface area (Å²) in [5.41, 5.74) is -0.550. The van der Waals surface area contributed by atoms with E-state index in [4.69, 9.17) is 14.9 Å². The number of carbonyl (C=O) groups excluding carboxylic acids is 1. The summed E-state index contributed by atoms with van der Waals surface area (Å²) in [6.45, 7) is 3.93. The van der Waals surface area contributed by atoms with Crippen molar-refractivity contribution in [3.05, 3.63) is 34.9 Å². The number of carboxylic acid groups (broad SMARTS) is 2. The van der Waals surface area contributed by atoms with Crippen molar-refractivity contribution in [2.75, 3.05) is 39.4 Å². The maximum Gasteiger partial charge on any atom is 0.336 e. The van der Waals surface area contributed by atoms with Crippen LogP contribution in [0.1, 0.15) is 31.1 Å². The smallest absolute Gasteiger partial charge is 0.336 e. The second-order valence-corrected chi connectivity index (χ2v) is 5.08. The number of carbonyl (C=O) groups is 3. The molecule has 0 aromatic heterocycles. The molecule has 8 heteroatoms. The molecule has 1 fully saturated rings. The summed E-state index contributed by atoms with van der Waals surface area (Å²) in [5, 5.41) is 20.7. The van der Waals surface area contributed by atoms with E-state index in [1.165, 1.54) is 12.1 Å². The van der Waals surface area contributed by atoms with Crippen LogP contribution in [-0.4, -0.2) is 72.4 Å². The topological polar surface area (TPSA) is 116 Å². The van der Waals surface area contributed by atoms with E-state index in [9.17, 15) is 14.4 Å². The average Bonchev–Trinajstić information content (AvgIpc) is 2.55. The Hall–Kier alpha value is -2.45. The van der Waals surface area contributed by atoms with Gasteiger partial charge < -0.3 is 20.3 Å². The third-order valence-corrected chi connectivity index (χ3v) is 3.56. The van der Waals surface area contributed by atoms with Crippen LogP contribution in [0.2, 0.25) is 0 Å². The van der Waals surface area contributed by atoms with Crippen LogP contribution in [0, 0.1) is 0 Å². The lowest BCUT2D eigenvalue weighted by atomic mass is 10.0. The fraction of sp³-hybridized carbons (Fsp3) is 0.400. The Morgan fingerprint density at radius 1 is 1.09 bits per heavy atom. The van der Waals surface area contributed by atoms with Crippen molar-refractivity contribution in [1.29, 1.82) is 0 Å². The van der Waals surface area contributed by atoms with Gasteiger partial charge in [-0.3, -0.25) is 9.69 Å². The summed E-state index contributed by atoms with van der Waals surface area (Å²) in [6.07, 6.45) is 0. The predicted molar refractivity (Wildman–Crippen MR) is 80.0 cm³/mol. The molecule has 0 unspecified atom stereocenters. The molecule has 8 nitrogen and oxygen atoms in total. The minimum Gasteiger partial charge on any atom is -0.478 e. The van der Waals surface area contributed by atoms with Gasteiger partial charge in [-0.2, -0.15) is 0 Å². The van der Waals surface area contributed by atoms with Crippen LogP contribution in [0.5, 0.6) is 0 Å². The fourth-order valence-corrected chi connectivity index (χ4v) is 2.30. The molecule has 1 aliphatic rings. The summed E-state index contributed by atoms with van der Waals surface area (Å²) in [7, 11) is 0. The van der Waals surface area contributed by atoms with Gasteiger partial charge in [0.2, 0.25) is 0 Å². The van der Waals surface area contributed by atoms with Crippen LogP contribution in [-0.2, 0) is 4.74 Å². The second-order valence-electron chi connectivity index (χ2n) is 5.08. The molecular weight excluding hydrogens is 304 g/mol. The van der Waals surface area contributed by atoms with Crippen molar-refractivity contribution < 1.29 is 29.3 Å². The SMILES string of the molecule is O=C(O)c1ccc(C(=O)NCCN2CCOCC2)c(C(=O)O)c1. The second kappa shape index (κ2) is 7.70. The van der Waals surface area contributed by atoms with Crippen molar-refractivity contribution in [2.24, 2.45) is 0 Å². The van der Waals surface area contributed by atoms with Gasteiger partial charge in [0.1, 0.15) is 0 Å². The van der Waals surface area contributed by atoms with Gasteiger partial charge in [0, 0.05) is 26.2 Å². The van der Waals surface area contributed by atoms with Crippen molar-refractivity contribution in [3.63, 3.8) is 0 Å². The van der Waals surface area contributed by atoms with Crippen LogP contribution in [0.15, 0.2) is 18.2 Å². The predicted octanol–water partition coefficient (Wildman–Crippen LogP) is 0.145. The quantitative estimate of drug-likeness (QED) is 0.682. The molecule has 0 radical (unpaired) electrons. The first kappa shape index (κ1) is 16.9. The Kier molecular flexibility index (Phi) is 5.67. The zero-order valence-corrected chi connectivity index (χ0v) is 12.4. The van der Waals surface area contributed by atoms with Crippen LogP contribution in [0.4, 0.5) is 0 Å². The first-order valence-corrected chi connectivity index (χ1v) is 7.18. The van der Waals surface area contributed by atoms with Crippen LogP contribution in [0.25, 0.3) is 0 Å². The Labute approximate surface area is 132 Å². The molecule has 2 rings (SSSR count). The number of benzene rings is 1. The van der Waals surface area contributed by atoms with Gasteiger partial charge in [-0.25, -0.2) is 9.59 Å². The molecule has 1 aromatic carbocycles. The third kappa shape index (κ3) is 4.51. The summed E-state index contributed by atoms with van der Waals surface area (Å²) < 4.78 is 5.23. The highest BCUT2D eigenvalue weighted by molar-refractivity contribution is 6.06. The molecule has 0 spiro atoms. The highest BCUT2D eigenvalue weighted by atomic mass is 16.5. The normalized spacial score (nSPS) is 15.1. The summed E-state index contributed by atoms with van der Waals surface area (Å²) in [6, 6.07) is 3.42. The number of ether oxygens (including phenoxy) is 1. The van der Waals surface area contributed by atoms with Crippen molar-refractivity contribution in [1.82, 2.24) is 10.2 Å². The Balaban J connectivity index is 2.00. The monoisotopic (exact) mass is 322 g/mol. The van der Waals surface area contributed by atoms with E-state index in [0.717, 1.165) is 19.2 Å². The first-order chi connectivity index (χ1) is 11.0. The Morgan fingerprint density at radius 3 is 2.39 bits per heavy atom. The molecule has 0 saturated carbocycles. The van der Waals surface area contributed by atoms with Gasteiger partial charge in [0.05, 0.1) is 29.9 Å². The molecule has 0 atom stereocenters. The van der Waals surface area contributed by atoms with Crippen LogP contribution in [0.3, 0.4) is 0 Å². The lowest BCUT2D eigenvalue weighted by Crippen LogP contribution is -2.41. The fourth-order valence-electron chi connectivity index (χ4n) is 2.30. The van der Waals surface area contributed by atoms with Crippen LogP contribution >= 0.6 is 0 Å². The first-order valence-electron chi connectivity index (χ1n) is 7.18. The lowest BCUT2D eigenvalue weighted by Gasteiger charge is -2.26. The van der Waals surface area contributed by atoms with Gasteiger partial charge in [-0.15, -0.1) is 0 Å². The largest absolute Gasteiger partial charge is 0.478 e. The minimum absolute atomic E-state index is 0.0514. The highest BCUT2D eigenvalue weighted by Crippen LogP contribution is 2.13. The Bertz CT molecular complexity index is 610. The van der Waals surface area contributed by atoms with Gasteiger partial charge in [-0.1, -0.05) is 0 Å². The summed E-state index contributed by atoms with van der Waals surface area (Å²) in [4.78, 5) is 36.4. The molecule has 1 heterocycles. The molecule has 23 heavy (non-hydrogen) atoms. The van der Waals surface area contributed by atoms with Crippen molar-refractivity contribution in [3.8, 4) is 0 Å². The van der Waals surface area contributed by atoms with E-state index in [2.05, 4.69) is 10.2 Å². The van der Waals surface area contributed by atoms with E-state index in [0.29, 0.717) is 26.3 Å². The number of nitrogens with zero attached hydrogens (tertiary/aromatic N) is 1. The van der Waals surface area contributed by atoms with E-state index in [1.807, 2.05) is 0 Å². The van der Waals surface area contributed by atoms with Crippen molar-refractivity contribution in [2.45, 2.75) is 0 Å². The zero-order chi connectivity index (χ0) is 16.8. The highest BCUT2D eigenvalue weighted by Gasteiger charge is 2.19. The lowest BCUT2D eigenvalue weighted by molar-refractivity contribution is 0.0383. The standard InChI is InChI=1S/C15H18N2O6/c18-13(16-3-4-17-5-7-23-8-6-17)11-2-1-10(14(19)20)9-12(11)15(21)22/h1-2,9H,3-8H2,(H,16,18)(H,19,20)(H,21,22). The maximum atomic E-state index is 12.1. The number of carboxylic acids is 2. The molecule has 3 N–H and O–H groups in total. The third-order valence-electron chi connectivity index (χ3n) is 3.56. The number of rotatable bonds is 6. The molecule has 1 saturated heterocycles. The molecule has 0 aliphatic carbocycles. The Morgan fingerprint density at radius 2 is 1.78 bits per heavy atom. The molecule has 1 aliphatic heterocycles. The van der Waals surface area contributed by atoms with Gasteiger partial charge in [0.25, 0.3) is 5.91 Å². The van der Waals surface area contributed by atoms with Crippen LogP contribution < -0.4 is 5.32 Å². The molecule has 0 bridgehead atoms. The van der Waals surface area contributed by atoms with Gasteiger partial charge >= 0.3 is 11.9 Å². The van der Waals surface area contributed by atoms with E-state index in [1.54, 1.807) is 0 Å². The zero-order valence-electron chi connectivity index (χ0n) is 12.4. The van der Waals surface area contributed by atoms with Crippen molar-refractivity contribution >= 4 is 17.8 Å². The summed E-state index contributed by atoms with van der Waals surface area (Å²) >= 11 is 0. The van der Waals surface area contributed by atoms with E-state index < -0.39 is 17.8 Å². The number of hydrogen-bond donors (Lipinski definition) is 3. The maximum absolute atomic E-state index is 12.1. The minimum atomic E-state index is -1.34. The average molecular weight is 322 g/mol. The summed E-state index contributed by atoms with van der Waals surface area (Å²) in [5.74, 6) is -3.12. The number of hydrogen-bond acceptors (Lipinski definition) is 5. The number of nitrogens with one attached hydrogen (secondary N) is 1.